The fraction of sp³-hybridized carbons (Fsp3) is 0.750. The van der Waals surface area contributed by atoms with E-state index in [0.717, 1.165) is 6.42 Å². The molecule has 0 aliphatic carbocycles. The lowest BCUT2D eigenvalue weighted by Crippen LogP contribution is -2.41. The van der Waals surface area contributed by atoms with Crippen molar-refractivity contribution in [2.75, 3.05) is 0 Å². The molecule has 1 aliphatic heterocycles. The summed E-state index contributed by atoms with van der Waals surface area (Å²) in [5, 5.41) is 2.76. The van der Waals surface area contributed by atoms with Crippen molar-refractivity contribution in [1.82, 2.24) is 5.32 Å². The summed E-state index contributed by atoms with van der Waals surface area (Å²) in [6, 6.07) is -0.490. The van der Waals surface area contributed by atoms with E-state index in [-0.39, 0.29) is 23.9 Å². The SMILES string of the molecule is CCCCCC/C=C/CC(=O)N[C@H]1C(=O)O[C@@H](C)[C@@H]1C. The maximum Gasteiger partial charge on any atom is 0.329 e. The lowest BCUT2D eigenvalue weighted by atomic mass is 10.00. The highest BCUT2D eigenvalue weighted by atomic mass is 16.6. The van der Waals surface area contributed by atoms with Crippen LogP contribution in [0.5, 0.6) is 0 Å². The van der Waals surface area contributed by atoms with Gasteiger partial charge in [0.15, 0.2) is 0 Å². The topological polar surface area (TPSA) is 55.4 Å². The monoisotopic (exact) mass is 281 g/mol. The van der Waals surface area contributed by atoms with Crippen LogP contribution in [-0.2, 0) is 14.3 Å². The lowest BCUT2D eigenvalue weighted by molar-refractivity contribution is -0.143. The predicted octanol–water partition coefficient (Wildman–Crippen LogP) is 2.97. The normalized spacial score (nSPS) is 25.9. The number of hydrogen-bond acceptors (Lipinski definition) is 3. The number of amides is 1. The minimum atomic E-state index is -0.490. The molecule has 0 spiro atoms. The molecule has 0 saturated carbocycles. The molecule has 20 heavy (non-hydrogen) atoms. The molecule has 3 atom stereocenters. The second-order valence-electron chi connectivity index (χ2n) is 5.57. The minimum Gasteiger partial charge on any atom is -0.461 e. The Morgan fingerprint density at radius 3 is 2.60 bits per heavy atom. The van der Waals surface area contributed by atoms with Gasteiger partial charge in [0.05, 0.1) is 0 Å². The van der Waals surface area contributed by atoms with Crippen LogP contribution in [0.1, 0.15) is 59.3 Å². The number of unbranched alkanes of at least 4 members (excludes halogenated alkanes) is 4. The van der Waals surface area contributed by atoms with Crippen molar-refractivity contribution >= 4 is 11.9 Å². The van der Waals surface area contributed by atoms with Gasteiger partial charge < -0.3 is 10.1 Å². The zero-order valence-corrected chi connectivity index (χ0v) is 12.9. The highest BCUT2D eigenvalue weighted by molar-refractivity contribution is 5.86. The van der Waals surface area contributed by atoms with Crippen molar-refractivity contribution in [2.24, 2.45) is 5.92 Å². The van der Waals surface area contributed by atoms with Gasteiger partial charge in [0.1, 0.15) is 12.1 Å². The maximum absolute atomic E-state index is 11.8. The van der Waals surface area contributed by atoms with Gasteiger partial charge in [-0.1, -0.05) is 45.3 Å². The Kier molecular flexibility index (Phi) is 7.34. The van der Waals surface area contributed by atoms with Crippen LogP contribution in [0.3, 0.4) is 0 Å². The van der Waals surface area contributed by atoms with E-state index in [4.69, 9.17) is 4.74 Å². The number of allylic oxidation sites excluding steroid dienone is 1. The van der Waals surface area contributed by atoms with E-state index >= 15 is 0 Å². The molecule has 1 rings (SSSR count). The second kappa shape index (κ2) is 8.77. The average Bonchev–Trinajstić information content (AvgIpc) is 2.64. The molecule has 114 valence electrons. The molecule has 4 heteroatoms. The largest absolute Gasteiger partial charge is 0.461 e. The number of esters is 1. The van der Waals surface area contributed by atoms with Crippen LogP contribution in [0, 0.1) is 5.92 Å². The molecular formula is C16H27NO3. The van der Waals surface area contributed by atoms with E-state index in [1.165, 1.54) is 25.7 Å². The Morgan fingerprint density at radius 2 is 2.00 bits per heavy atom. The lowest BCUT2D eigenvalue weighted by Gasteiger charge is -2.13. The number of ether oxygens (including phenoxy) is 1. The first-order valence-electron chi connectivity index (χ1n) is 7.71. The molecular weight excluding hydrogens is 254 g/mol. The zero-order chi connectivity index (χ0) is 15.0. The molecule has 0 aromatic heterocycles. The molecule has 1 heterocycles. The van der Waals surface area contributed by atoms with Gasteiger partial charge in [-0.05, 0) is 19.8 Å². The summed E-state index contributed by atoms with van der Waals surface area (Å²) in [7, 11) is 0. The number of rotatable bonds is 8. The van der Waals surface area contributed by atoms with E-state index in [1.54, 1.807) is 0 Å². The van der Waals surface area contributed by atoms with Gasteiger partial charge in [-0.25, -0.2) is 4.79 Å². The molecule has 4 nitrogen and oxygen atoms in total. The summed E-state index contributed by atoms with van der Waals surface area (Å²) in [5.74, 6) is -0.399. The van der Waals surface area contributed by atoms with E-state index in [1.807, 2.05) is 26.0 Å². The fourth-order valence-corrected chi connectivity index (χ4v) is 2.27. The third kappa shape index (κ3) is 5.35. The van der Waals surface area contributed by atoms with Gasteiger partial charge >= 0.3 is 5.97 Å². The number of carbonyl (C=O) groups is 2. The van der Waals surface area contributed by atoms with E-state index in [9.17, 15) is 9.59 Å². The van der Waals surface area contributed by atoms with Gasteiger partial charge in [0.2, 0.25) is 5.91 Å². The quantitative estimate of drug-likeness (QED) is 0.423. The van der Waals surface area contributed by atoms with Crippen molar-refractivity contribution in [3.63, 3.8) is 0 Å². The van der Waals surface area contributed by atoms with Crippen LogP contribution in [0.25, 0.3) is 0 Å². The summed E-state index contributed by atoms with van der Waals surface area (Å²) in [5.41, 5.74) is 0. The number of carbonyl (C=O) groups excluding carboxylic acids is 2. The Hall–Kier alpha value is -1.32. The smallest absolute Gasteiger partial charge is 0.329 e. The summed E-state index contributed by atoms with van der Waals surface area (Å²) in [6.07, 6.45) is 10.1. The van der Waals surface area contributed by atoms with Crippen molar-refractivity contribution in [2.45, 2.75) is 71.4 Å². The molecule has 1 fully saturated rings. The van der Waals surface area contributed by atoms with Gasteiger partial charge in [0.25, 0.3) is 0 Å². The Labute approximate surface area is 122 Å². The van der Waals surface area contributed by atoms with Crippen LogP contribution in [-0.4, -0.2) is 24.0 Å². The van der Waals surface area contributed by atoms with Crippen LogP contribution >= 0.6 is 0 Å². The second-order valence-corrected chi connectivity index (χ2v) is 5.57. The van der Waals surface area contributed by atoms with Crippen molar-refractivity contribution in [1.29, 1.82) is 0 Å². The summed E-state index contributed by atoms with van der Waals surface area (Å²) in [6.45, 7) is 5.96. The van der Waals surface area contributed by atoms with Gasteiger partial charge in [-0.15, -0.1) is 0 Å². The van der Waals surface area contributed by atoms with Gasteiger partial charge in [-0.2, -0.15) is 0 Å². The molecule has 1 saturated heterocycles. The zero-order valence-electron chi connectivity index (χ0n) is 12.9. The van der Waals surface area contributed by atoms with Gasteiger partial charge in [0, 0.05) is 12.3 Å². The summed E-state index contributed by atoms with van der Waals surface area (Å²) in [4.78, 5) is 23.3. The van der Waals surface area contributed by atoms with E-state index in [0.29, 0.717) is 6.42 Å². The van der Waals surface area contributed by atoms with E-state index < -0.39 is 6.04 Å². The molecule has 1 aliphatic rings. The predicted molar refractivity (Wildman–Crippen MR) is 79.2 cm³/mol. The minimum absolute atomic E-state index is 0.0319. The molecule has 0 aromatic carbocycles. The van der Waals surface area contributed by atoms with Crippen LogP contribution in [0.4, 0.5) is 0 Å². The highest BCUT2D eigenvalue weighted by Crippen LogP contribution is 2.21. The molecule has 0 unspecified atom stereocenters. The molecule has 1 N–H and O–H groups in total. The number of cyclic esters (lactones) is 1. The molecule has 0 aromatic rings. The highest BCUT2D eigenvalue weighted by Gasteiger charge is 2.39. The number of hydrogen-bond donors (Lipinski definition) is 1. The van der Waals surface area contributed by atoms with E-state index in [2.05, 4.69) is 12.2 Å². The van der Waals surface area contributed by atoms with Crippen LogP contribution in [0.15, 0.2) is 12.2 Å². The Morgan fingerprint density at radius 1 is 1.25 bits per heavy atom. The Bertz CT molecular complexity index is 352. The van der Waals surface area contributed by atoms with Gasteiger partial charge in [-0.3, -0.25) is 4.79 Å². The van der Waals surface area contributed by atoms with Crippen LogP contribution < -0.4 is 5.32 Å². The van der Waals surface area contributed by atoms with Crippen LogP contribution in [0.2, 0.25) is 0 Å². The van der Waals surface area contributed by atoms with Crippen molar-refractivity contribution in [3.8, 4) is 0 Å². The first-order valence-corrected chi connectivity index (χ1v) is 7.71. The summed E-state index contributed by atoms with van der Waals surface area (Å²) >= 11 is 0. The standard InChI is InChI=1S/C16H27NO3/c1-4-5-6-7-8-9-10-11-14(18)17-15-12(2)13(3)20-16(15)19/h9-10,12-13,15H,4-8,11H2,1-3H3,(H,17,18)/b10-9+/t12-,13-,15+/m0/s1. The molecule has 1 amide bonds. The molecule has 0 bridgehead atoms. The first kappa shape index (κ1) is 16.7. The fourth-order valence-electron chi connectivity index (χ4n) is 2.27. The maximum atomic E-state index is 11.8. The van der Waals surface area contributed by atoms with Crippen molar-refractivity contribution < 1.29 is 14.3 Å². The summed E-state index contributed by atoms with van der Waals surface area (Å²) < 4.78 is 5.10. The molecule has 0 radical (unpaired) electrons. The van der Waals surface area contributed by atoms with Crippen molar-refractivity contribution in [3.05, 3.63) is 12.2 Å². The number of nitrogens with one attached hydrogen (secondary N) is 1. The third-order valence-electron chi connectivity index (χ3n) is 3.83. The third-order valence-corrected chi connectivity index (χ3v) is 3.83. The average molecular weight is 281 g/mol. The first-order chi connectivity index (χ1) is 9.56. The Balaban J connectivity index is 2.20.